The second-order valence-corrected chi connectivity index (χ2v) is 7.46. The molecule has 0 amide bonds. The maximum atomic E-state index is 12.4. The number of anilines is 1. The van der Waals surface area contributed by atoms with Gasteiger partial charge >= 0.3 is 0 Å². The largest absolute Gasteiger partial charge is 0.313 e. The summed E-state index contributed by atoms with van der Waals surface area (Å²) in [5.41, 5.74) is 0.630. The van der Waals surface area contributed by atoms with Crippen molar-refractivity contribution >= 4 is 49.7 Å². The van der Waals surface area contributed by atoms with Gasteiger partial charge in [0.2, 0.25) is 0 Å². The van der Waals surface area contributed by atoms with Crippen molar-refractivity contribution in [2.24, 2.45) is 0 Å². The molecule has 21 heavy (non-hydrogen) atoms. The number of halogens is 2. The molecule has 0 unspecified atom stereocenters. The third kappa shape index (κ3) is 4.08. The first-order valence-electron chi connectivity index (χ1n) is 6.05. The number of rotatable bonds is 6. The lowest BCUT2D eigenvalue weighted by Crippen LogP contribution is -2.16. The summed E-state index contributed by atoms with van der Waals surface area (Å²) in [5, 5.41) is 5.51. The summed E-state index contributed by atoms with van der Waals surface area (Å²) in [6.45, 7) is 3.12. The molecule has 0 radical (unpaired) electrons. The van der Waals surface area contributed by atoms with Crippen molar-refractivity contribution < 1.29 is 8.42 Å². The first kappa shape index (κ1) is 16.5. The molecule has 0 bridgehead atoms. The van der Waals surface area contributed by atoms with E-state index in [0.29, 0.717) is 17.1 Å². The van der Waals surface area contributed by atoms with Gasteiger partial charge in [-0.2, -0.15) is 0 Å². The highest BCUT2D eigenvalue weighted by atomic mass is 35.5. The van der Waals surface area contributed by atoms with Crippen LogP contribution in [-0.4, -0.2) is 19.9 Å². The van der Waals surface area contributed by atoms with E-state index in [4.69, 9.17) is 23.2 Å². The van der Waals surface area contributed by atoms with E-state index < -0.39 is 10.0 Å². The highest BCUT2D eigenvalue weighted by molar-refractivity contribution is 7.93. The van der Waals surface area contributed by atoms with Crippen LogP contribution in [-0.2, 0) is 16.6 Å². The Morgan fingerprint density at radius 2 is 2.10 bits per heavy atom. The van der Waals surface area contributed by atoms with Gasteiger partial charge in [0.05, 0.1) is 5.02 Å². The smallest absolute Gasteiger partial charge is 0.265 e. The Morgan fingerprint density at radius 3 is 2.71 bits per heavy atom. The van der Waals surface area contributed by atoms with Gasteiger partial charge in [0, 0.05) is 23.1 Å². The summed E-state index contributed by atoms with van der Waals surface area (Å²) >= 11 is 13.4. The van der Waals surface area contributed by atoms with E-state index in [1.807, 2.05) is 6.92 Å². The fourth-order valence-electron chi connectivity index (χ4n) is 1.65. The summed E-state index contributed by atoms with van der Waals surface area (Å²) in [6.07, 6.45) is 1.51. The molecule has 1 heterocycles. The molecule has 2 aromatic rings. The van der Waals surface area contributed by atoms with Crippen LogP contribution in [0.2, 0.25) is 10.0 Å². The highest BCUT2D eigenvalue weighted by Gasteiger charge is 2.22. The number of nitrogens with zero attached hydrogens (tertiary/aromatic N) is 1. The van der Waals surface area contributed by atoms with Gasteiger partial charge in [-0.25, -0.2) is 13.4 Å². The molecule has 0 saturated carbocycles. The number of hydrogen-bond acceptors (Lipinski definition) is 5. The van der Waals surface area contributed by atoms with Gasteiger partial charge in [0.15, 0.2) is 5.13 Å². The highest BCUT2D eigenvalue weighted by Crippen LogP contribution is 2.31. The quantitative estimate of drug-likeness (QED) is 0.823. The number of benzene rings is 1. The predicted octanol–water partition coefficient (Wildman–Crippen LogP) is 3.36. The molecule has 0 spiro atoms. The lowest BCUT2D eigenvalue weighted by molar-refractivity contribution is 0.601. The minimum atomic E-state index is -3.83. The van der Waals surface area contributed by atoms with E-state index in [1.54, 1.807) is 11.4 Å². The van der Waals surface area contributed by atoms with Crippen LogP contribution in [0.25, 0.3) is 0 Å². The lowest BCUT2D eigenvalue weighted by Gasteiger charge is -2.12. The van der Waals surface area contributed by atoms with Crippen molar-refractivity contribution in [3.63, 3.8) is 0 Å². The average Bonchev–Trinajstić information content (AvgIpc) is 2.91. The number of hydrogen-bond donors (Lipinski definition) is 2. The molecule has 0 aliphatic heterocycles. The molecule has 9 heteroatoms. The van der Waals surface area contributed by atoms with E-state index in [0.717, 1.165) is 6.54 Å². The molecule has 1 aromatic carbocycles. The Morgan fingerprint density at radius 1 is 1.33 bits per heavy atom. The van der Waals surface area contributed by atoms with Gasteiger partial charge in [-0.1, -0.05) is 30.1 Å². The van der Waals surface area contributed by atoms with E-state index in [1.165, 1.54) is 23.6 Å². The maximum Gasteiger partial charge on any atom is 0.265 e. The second-order valence-electron chi connectivity index (χ2n) is 4.10. The predicted molar refractivity (Wildman–Crippen MR) is 86.8 cm³/mol. The molecule has 0 fully saturated rings. The Balaban J connectivity index is 2.40. The van der Waals surface area contributed by atoms with Crippen molar-refractivity contribution in [1.29, 1.82) is 0 Å². The molecular weight excluding hydrogens is 353 g/mol. The van der Waals surface area contributed by atoms with Gasteiger partial charge < -0.3 is 5.32 Å². The maximum absolute atomic E-state index is 12.4. The molecule has 1 aromatic heterocycles. The van der Waals surface area contributed by atoms with Crippen molar-refractivity contribution in [3.8, 4) is 0 Å². The summed E-state index contributed by atoms with van der Waals surface area (Å²) in [4.78, 5) is 3.84. The van der Waals surface area contributed by atoms with Crippen LogP contribution in [0.15, 0.2) is 28.6 Å². The molecule has 5 nitrogen and oxygen atoms in total. The van der Waals surface area contributed by atoms with Crippen LogP contribution >= 0.6 is 34.5 Å². The Labute approximate surface area is 137 Å². The summed E-state index contributed by atoms with van der Waals surface area (Å²) in [7, 11) is -3.83. The number of sulfonamides is 1. The third-order valence-electron chi connectivity index (χ3n) is 2.59. The number of aromatic nitrogens is 1. The van der Waals surface area contributed by atoms with Crippen molar-refractivity contribution in [1.82, 2.24) is 10.3 Å². The molecule has 2 N–H and O–H groups in total. The van der Waals surface area contributed by atoms with Crippen LogP contribution in [0.4, 0.5) is 5.13 Å². The molecule has 0 aliphatic rings. The van der Waals surface area contributed by atoms with E-state index in [9.17, 15) is 8.42 Å². The Hall–Kier alpha value is -0.860. The Bertz CT molecular complexity index is 718. The fourth-order valence-corrected chi connectivity index (χ4v) is 4.37. The molecular formula is C12H13Cl2N3O2S2. The summed E-state index contributed by atoms with van der Waals surface area (Å²) in [5.74, 6) is 0. The standard InChI is InChI=1S/C12H13Cl2N3O2S2/c1-2-15-7-8-5-9(13)6-10(11(8)14)21(18,19)17-12-16-3-4-20-12/h3-6,15H,2,7H2,1H3,(H,16,17). The van der Waals surface area contributed by atoms with Gasteiger partial charge in [0.25, 0.3) is 10.0 Å². The average molecular weight is 366 g/mol. The van der Waals surface area contributed by atoms with Gasteiger partial charge in [0.1, 0.15) is 4.90 Å². The number of nitrogens with one attached hydrogen (secondary N) is 2. The number of thiazole rings is 1. The topological polar surface area (TPSA) is 71.1 Å². The van der Waals surface area contributed by atoms with E-state index in [-0.39, 0.29) is 15.0 Å². The molecule has 2 rings (SSSR count). The zero-order valence-corrected chi connectivity index (χ0v) is 14.2. The SMILES string of the molecule is CCNCc1cc(Cl)cc(S(=O)(=O)Nc2nccs2)c1Cl. The van der Waals surface area contributed by atoms with Gasteiger partial charge in [-0.05, 0) is 24.2 Å². The van der Waals surface area contributed by atoms with Crippen LogP contribution in [0.1, 0.15) is 12.5 Å². The zero-order chi connectivity index (χ0) is 15.5. The molecule has 0 saturated heterocycles. The summed E-state index contributed by atoms with van der Waals surface area (Å²) in [6, 6.07) is 2.98. The van der Waals surface area contributed by atoms with Crippen LogP contribution in [0, 0.1) is 0 Å². The van der Waals surface area contributed by atoms with E-state index in [2.05, 4.69) is 15.0 Å². The van der Waals surface area contributed by atoms with Crippen LogP contribution < -0.4 is 10.0 Å². The molecule has 0 atom stereocenters. The normalized spacial score (nSPS) is 11.6. The molecule has 0 aliphatic carbocycles. The van der Waals surface area contributed by atoms with Crippen LogP contribution in [0.3, 0.4) is 0 Å². The van der Waals surface area contributed by atoms with Gasteiger partial charge in [-0.15, -0.1) is 11.3 Å². The monoisotopic (exact) mass is 365 g/mol. The lowest BCUT2D eigenvalue weighted by atomic mass is 10.2. The fraction of sp³-hybridized carbons (Fsp3) is 0.250. The van der Waals surface area contributed by atoms with Crippen LogP contribution in [0.5, 0.6) is 0 Å². The van der Waals surface area contributed by atoms with Crippen molar-refractivity contribution in [3.05, 3.63) is 39.3 Å². The third-order valence-corrected chi connectivity index (χ3v) is 5.55. The minimum absolute atomic E-state index is 0.0558. The van der Waals surface area contributed by atoms with E-state index >= 15 is 0 Å². The second kappa shape index (κ2) is 6.93. The minimum Gasteiger partial charge on any atom is -0.313 e. The molecule has 114 valence electrons. The zero-order valence-electron chi connectivity index (χ0n) is 11.1. The Kier molecular flexibility index (Phi) is 5.45. The van der Waals surface area contributed by atoms with Gasteiger partial charge in [-0.3, -0.25) is 4.72 Å². The van der Waals surface area contributed by atoms with Crippen molar-refractivity contribution in [2.75, 3.05) is 11.3 Å². The summed E-state index contributed by atoms with van der Waals surface area (Å²) < 4.78 is 27.2. The first-order valence-corrected chi connectivity index (χ1v) is 9.17. The first-order chi connectivity index (χ1) is 9.94. The van der Waals surface area contributed by atoms with Crippen molar-refractivity contribution in [2.45, 2.75) is 18.4 Å².